The number of guanidine groups is 1. The molecule has 0 radical (unpaired) electrons. The molecule has 9 N–H and O–H groups in total. The lowest BCUT2D eigenvalue weighted by atomic mass is 9.92. The lowest BCUT2D eigenvalue weighted by Crippen LogP contribution is -2.53. The molecule has 1 unspecified atom stereocenters. The van der Waals surface area contributed by atoms with Crippen LogP contribution in [0.15, 0.2) is 47.5 Å². The van der Waals surface area contributed by atoms with Gasteiger partial charge < -0.3 is 37.8 Å². The molecular formula is C27H39N7O6. The van der Waals surface area contributed by atoms with Gasteiger partial charge >= 0.3 is 5.97 Å². The molecule has 0 fully saturated rings. The van der Waals surface area contributed by atoms with Crippen LogP contribution < -0.4 is 32.7 Å². The Morgan fingerprint density at radius 2 is 1.68 bits per heavy atom. The summed E-state index contributed by atoms with van der Waals surface area (Å²) in [6.07, 6.45) is 3.63. The standard InChI is InChI=1S/C27H39N7O6/c1-16(2)19-11-10-18(13-17-7-4-3-5-8-17)32-26(40)21(14-23(36)37)33-22(35)15-31-25(39)20(34-24(19)38)9-6-12-30-27(28)29/h3-5,7-8,10-11,16,18-21H,6,9,12-15H2,1-2H3,(H,31,39)(H,32,40)(H,33,35)(H,34,38)(H,36,37)(H4,28,29,30)/b11-10+/t18-,19?,20-,21-/m0/s1. The molecule has 0 bridgehead atoms. The second-order valence-corrected chi connectivity index (χ2v) is 9.91. The number of aliphatic carboxylic acids is 1. The number of amides is 4. The van der Waals surface area contributed by atoms with Crippen LogP contribution in [0.25, 0.3) is 0 Å². The summed E-state index contributed by atoms with van der Waals surface area (Å²) < 4.78 is 0. The van der Waals surface area contributed by atoms with Crippen molar-refractivity contribution in [1.29, 1.82) is 0 Å². The van der Waals surface area contributed by atoms with Crippen molar-refractivity contribution in [2.24, 2.45) is 28.3 Å². The van der Waals surface area contributed by atoms with Crippen molar-refractivity contribution in [1.82, 2.24) is 21.3 Å². The molecule has 2 rings (SSSR count). The number of benzene rings is 1. The van der Waals surface area contributed by atoms with E-state index in [1.807, 2.05) is 44.2 Å². The quantitative estimate of drug-likeness (QED) is 0.0877. The van der Waals surface area contributed by atoms with Crippen LogP contribution in [0.2, 0.25) is 0 Å². The number of hydrogen-bond donors (Lipinski definition) is 7. The number of rotatable bonds is 9. The predicted molar refractivity (Wildman–Crippen MR) is 149 cm³/mol. The topological polar surface area (TPSA) is 218 Å². The Morgan fingerprint density at radius 1 is 0.975 bits per heavy atom. The molecule has 0 spiro atoms. The van der Waals surface area contributed by atoms with Gasteiger partial charge in [-0.15, -0.1) is 0 Å². The van der Waals surface area contributed by atoms with E-state index in [1.54, 1.807) is 12.2 Å². The average molecular weight is 558 g/mol. The van der Waals surface area contributed by atoms with Crippen LogP contribution in [0.1, 0.15) is 38.7 Å². The maximum absolute atomic E-state index is 13.3. The second-order valence-electron chi connectivity index (χ2n) is 9.91. The Kier molecular flexibility index (Phi) is 12.6. The number of carbonyl (C=O) groups is 5. The van der Waals surface area contributed by atoms with E-state index >= 15 is 0 Å². The van der Waals surface area contributed by atoms with Gasteiger partial charge in [-0.05, 0) is 30.7 Å². The lowest BCUT2D eigenvalue weighted by molar-refractivity contribution is -0.140. The Labute approximate surface area is 233 Å². The summed E-state index contributed by atoms with van der Waals surface area (Å²) >= 11 is 0. The minimum absolute atomic E-state index is 0.0960. The van der Waals surface area contributed by atoms with E-state index in [1.165, 1.54) is 0 Å². The molecule has 0 aliphatic carbocycles. The molecule has 218 valence electrons. The number of carboxylic acids is 1. The van der Waals surface area contributed by atoms with Gasteiger partial charge in [0.05, 0.1) is 24.9 Å². The maximum Gasteiger partial charge on any atom is 0.305 e. The van der Waals surface area contributed by atoms with Crippen LogP contribution in [0.5, 0.6) is 0 Å². The molecule has 1 aromatic rings. The van der Waals surface area contributed by atoms with Gasteiger partial charge in [0.15, 0.2) is 5.96 Å². The highest BCUT2D eigenvalue weighted by molar-refractivity contribution is 5.94. The molecule has 1 aliphatic rings. The molecule has 40 heavy (non-hydrogen) atoms. The lowest BCUT2D eigenvalue weighted by Gasteiger charge is -2.23. The fraction of sp³-hybridized carbons (Fsp3) is 0.481. The van der Waals surface area contributed by atoms with Gasteiger partial charge in [0, 0.05) is 6.54 Å². The van der Waals surface area contributed by atoms with Crippen LogP contribution >= 0.6 is 0 Å². The van der Waals surface area contributed by atoms with Crippen molar-refractivity contribution in [3.05, 3.63) is 48.0 Å². The van der Waals surface area contributed by atoms with E-state index in [9.17, 15) is 29.1 Å². The highest BCUT2D eigenvalue weighted by Gasteiger charge is 2.29. The summed E-state index contributed by atoms with van der Waals surface area (Å²) in [7, 11) is 0. The summed E-state index contributed by atoms with van der Waals surface area (Å²) in [5, 5.41) is 19.7. The Balaban J connectivity index is 2.41. The fourth-order valence-electron chi connectivity index (χ4n) is 4.14. The average Bonchev–Trinajstić information content (AvgIpc) is 2.88. The second kappa shape index (κ2) is 15.9. The minimum Gasteiger partial charge on any atom is -0.481 e. The van der Waals surface area contributed by atoms with Gasteiger partial charge in [-0.2, -0.15) is 0 Å². The Morgan fingerprint density at radius 3 is 2.30 bits per heavy atom. The molecule has 0 saturated carbocycles. The fourth-order valence-corrected chi connectivity index (χ4v) is 4.14. The van der Waals surface area contributed by atoms with E-state index in [4.69, 9.17) is 11.5 Å². The highest BCUT2D eigenvalue weighted by atomic mass is 16.4. The molecule has 0 saturated heterocycles. The van der Waals surface area contributed by atoms with E-state index in [0.717, 1.165) is 5.56 Å². The summed E-state index contributed by atoms with van der Waals surface area (Å²) in [6.45, 7) is 3.42. The number of nitrogens with two attached hydrogens (primary N) is 2. The highest BCUT2D eigenvalue weighted by Crippen LogP contribution is 2.16. The van der Waals surface area contributed by atoms with E-state index in [2.05, 4.69) is 26.3 Å². The zero-order valence-electron chi connectivity index (χ0n) is 22.8. The van der Waals surface area contributed by atoms with Gasteiger partial charge in [0.2, 0.25) is 23.6 Å². The normalized spacial score (nSPS) is 23.5. The van der Waals surface area contributed by atoms with Crippen molar-refractivity contribution in [3.8, 4) is 0 Å². The molecular weight excluding hydrogens is 518 g/mol. The van der Waals surface area contributed by atoms with Crippen LogP contribution in [-0.2, 0) is 30.4 Å². The zero-order chi connectivity index (χ0) is 29.7. The van der Waals surface area contributed by atoms with Crippen molar-refractivity contribution in [3.63, 3.8) is 0 Å². The number of hydrogen-bond acceptors (Lipinski definition) is 6. The van der Waals surface area contributed by atoms with Crippen molar-refractivity contribution >= 4 is 35.6 Å². The molecule has 0 aromatic heterocycles. The van der Waals surface area contributed by atoms with E-state index in [-0.39, 0.29) is 24.8 Å². The number of aliphatic imine (C=N–C) groups is 1. The van der Waals surface area contributed by atoms with Crippen LogP contribution in [0, 0.1) is 11.8 Å². The SMILES string of the molecule is CC(C)C1/C=C/[C@@H](Cc2ccccc2)NC(=O)[C@H](CC(=O)O)NC(=O)CNC(=O)[C@H](CCCN=C(N)N)NC1=O. The predicted octanol–water partition coefficient (Wildman–Crippen LogP) is -0.830. The summed E-state index contributed by atoms with van der Waals surface area (Å²) in [5.41, 5.74) is 11.6. The van der Waals surface area contributed by atoms with Gasteiger partial charge in [0.1, 0.15) is 12.1 Å². The number of carbonyl (C=O) groups excluding carboxylic acids is 4. The Bertz CT molecular complexity index is 1100. The first-order valence-corrected chi connectivity index (χ1v) is 13.1. The zero-order valence-corrected chi connectivity index (χ0v) is 22.8. The number of nitrogens with zero attached hydrogens (tertiary/aromatic N) is 1. The minimum atomic E-state index is -1.38. The van der Waals surface area contributed by atoms with Gasteiger partial charge in [0.25, 0.3) is 0 Å². The smallest absolute Gasteiger partial charge is 0.305 e. The van der Waals surface area contributed by atoms with Gasteiger partial charge in [-0.25, -0.2) is 0 Å². The first-order valence-electron chi connectivity index (χ1n) is 13.1. The van der Waals surface area contributed by atoms with Gasteiger partial charge in [-0.1, -0.05) is 56.3 Å². The van der Waals surface area contributed by atoms with Crippen molar-refractivity contribution in [2.75, 3.05) is 13.1 Å². The third-order valence-corrected chi connectivity index (χ3v) is 6.23. The van der Waals surface area contributed by atoms with E-state index < -0.39 is 66.6 Å². The number of nitrogens with one attached hydrogen (secondary N) is 4. The maximum atomic E-state index is 13.3. The molecule has 1 heterocycles. The molecule has 13 nitrogen and oxygen atoms in total. The van der Waals surface area contributed by atoms with Crippen LogP contribution in [0.3, 0.4) is 0 Å². The number of carboxylic acid groups (broad SMARTS) is 1. The van der Waals surface area contributed by atoms with E-state index in [0.29, 0.717) is 12.8 Å². The third-order valence-electron chi connectivity index (χ3n) is 6.23. The van der Waals surface area contributed by atoms with Crippen LogP contribution in [0.4, 0.5) is 0 Å². The summed E-state index contributed by atoms with van der Waals surface area (Å²) in [4.78, 5) is 67.3. The monoisotopic (exact) mass is 557 g/mol. The Hall–Kier alpha value is -4.42. The summed E-state index contributed by atoms with van der Waals surface area (Å²) in [5.74, 6) is -4.67. The van der Waals surface area contributed by atoms with Gasteiger partial charge in [-0.3, -0.25) is 29.0 Å². The molecule has 1 aliphatic heterocycles. The molecule has 1 aromatic carbocycles. The molecule has 4 atom stereocenters. The summed E-state index contributed by atoms with van der Waals surface area (Å²) in [6, 6.07) is 6.34. The third kappa shape index (κ3) is 11.1. The van der Waals surface area contributed by atoms with Crippen LogP contribution in [-0.4, -0.2) is 71.9 Å². The first kappa shape index (κ1) is 31.8. The first-order chi connectivity index (χ1) is 19.0. The van der Waals surface area contributed by atoms with Crippen molar-refractivity contribution < 1.29 is 29.1 Å². The molecule has 4 amide bonds. The molecule has 13 heteroatoms. The van der Waals surface area contributed by atoms with Crippen molar-refractivity contribution in [2.45, 2.75) is 57.7 Å². The largest absolute Gasteiger partial charge is 0.481 e.